The lowest BCUT2D eigenvalue weighted by molar-refractivity contribution is 0.507. The van der Waals surface area contributed by atoms with E-state index in [2.05, 4.69) is 29.3 Å². The predicted octanol–water partition coefficient (Wildman–Crippen LogP) is 3.85. The summed E-state index contributed by atoms with van der Waals surface area (Å²) >= 11 is 6.34. The van der Waals surface area contributed by atoms with E-state index in [-0.39, 0.29) is 6.04 Å². The Hall–Kier alpha value is -1.45. The second kappa shape index (κ2) is 6.13. The van der Waals surface area contributed by atoms with Crippen LogP contribution in [0.1, 0.15) is 24.3 Å². The van der Waals surface area contributed by atoms with Crippen molar-refractivity contribution in [1.82, 2.24) is 5.32 Å². The summed E-state index contributed by atoms with van der Waals surface area (Å²) < 4.78 is 5.35. The van der Waals surface area contributed by atoms with Crippen LogP contribution < -0.4 is 10.2 Å². The normalized spacial score (nSPS) is 12.4. The maximum absolute atomic E-state index is 6.34. The van der Waals surface area contributed by atoms with E-state index in [0.717, 1.165) is 28.6 Å². The summed E-state index contributed by atoms with van der Waals surface area (Å²) in [7, 11) is 3.95. The Morgan fingerprint density at radius 2 is 2.16 bits per heavy atom. The SMILES string of the molecule is CNC(C)c1ccc(N(C)Cc2ccco2)cc1Cl. The fourth-order valence-electron chi connectivity index (χ4n) is 1.99. The van der Waals surface area contributed by atoms with Crippen LogP contribution in [-0.2, 0) is 6.54 Å². The van der Waals surface area contributed by atoms with Crippen molar-refractivity contribution >= 4 is 17.3 Å². The first-order chi connectivity index (χ1) is 9.11. The molecule has 0 aliphatic carbocycles. The van der Waals surface area contributed by atoms with Crippen molar-refractivity contribution in [2.75, 3.05) is 19.0 Å². The maximum atomic E-state index is 6.34. The molecule has 4 heteroatoms. The molecule has 1 heterocycles. The van der Waals surface area contributed by atoms with Crippen LogP contribution in [-0.4, -0.2) is 14.1 Å². The van der Waals surface area contributed by atoms with Gasteiger partial charge >= 0.3 is 0 Å². The predicted molar refractivity (Wildman–Crippen MR) is 79.7 cm³/mol. The van der Waals surface area contributed by atoms with E-state index in [1.54, 1.807) is 6.26 Å². The van der Waals surface area contributed by atoms with E-state index < -0.39 is 0 Å². The number of nitrogens with one attached hydrogen (secondary N) is 1. The molecule has 1 aromatic heterocycles. The van der Waals surface area contributed by atoms with Gasteiger partial charge in [0, 0.05) is 23.8 Å². The van der Waals surface area contributed by atoms with Gasteiger partial charge in [-0.2, -0.15) is 0 Å². The molecular formula is C15H19ClN2O. The molecule has 19 heavy (non-hydrogen) atoms. The smallest absolute Gasteiger partial charge is 0.123 e. The number of hydrogen-bond acceptors (Lipinski definition) is 3. The first-order valence-electron chi connectivity index (χ1n) is 6.32. The third-order valence-corrected chi connectivity index (χ3v) is 3.62. The first-order valence-corrected chi connectivity index (χ1v) is 6.70. The Kier molecular flexibility index (Phi) is 4.51. The van der Waals surface area contributed by atoms with Crippen LogP contribution in [0.2, 0.25) is 5.02 Å². The summed E-state index contributed by atoms with van der Waals surface area (Å²) in [6.45, 7) is 2.82. The van der Waals surface area contributed by atoms with Crippen molar-refractivity contribution in [3.05, 3.63) is 52.9 Å². The molecule has 2 aromatic rings. The molecule has 1 aromatic carbocycles. The highest BCUT2D eigenvalue weighted by molar-refractivity contribution is 6.31. The maximum Gasteiger partial charge on any atom is 0.123 e. The Bertz CT molecular complexity index is 525. The number of nitrogens with zero attached hydrogens (tertiary/aromatic N) is 1. The summed E-state index contributed by atoms with van der Waals surface area (Å²) in [5.74, 6) is 0.936. The molecule has 3 nitrogen and oxygen atoms in total. The fraction of sp³-hybridized carbons (Fsp3) is 0.333. The van der Waals surface area contributed by atoms with Crippen molar-refractivity contribution < 1.29 is 4.42 Å². The summed E-state index contributed by atoms with van der Waals surface area (Å²) in [6, 6.07) is 10.3. The van der Waals surface area contributed by atoms with E-state index in [9.17, 15) is 0 Å². The Morgan fingerprint density at radius 3 is 2.74 bits per heavy atom. The first kappa shape index (κ1) is 14.0. The zero-order valence-electron chi connectivity index (χ0n) is 11.5. The van der Waals surface area contributed by atoms with Crippen molar-refractivity contribution in [2.24, 2.45) is 0 Å². The summed E-state index contributed by atoms with van der Waals surface area (Å²) in [5.41, 5.74) is 2.19. The average molecular weight is 279 g/mol. The molecule has 1 N–H and O–H groups in total. The molecule has 1 atom stereocenters. The van der Waals surface area contributed by atoms with Crippen molar-refractivity contribution in [3.63, 3.8) is 0 Å². The zero-order chi connectivity index (χ0) is 13.8. The number of anilines is 1. The molecule has 102 valence electrons. The fourth-order valence-corrected chi connectivity index (χ4v) is 2.33. The summed E-state index contributed by atoms with van der Waals surface area (Å²) in [5, 5.41) is 3.98. The van der Waals surface area contributed by atoms with Gasteiger partial charge in [0.1, 0.15) is 5.76 Å². The third-order valence-electron chi connectivity index (χ3n) is 3.30. The van der Waals surface area contributed by atoms with Crippen molar-refractivity contribution in [1.29, 1.82) is 0 Å². The molecule has 0 amide bonds. The van der Waals surface area contributed by atoms with Crippen LogP contribution in [0.15, 0.2) is 41.0 Å². The highest BCUT2D eigenvalue weighted by atomic mass is 35.5. The molecule has 0 spiro atoms. The second-order valence-electron chi connectivity index (χ2n) is 4.65. The number of hydrogen-bond donors (Lipinski definition) is 1. The zero-order valence-corrected chi connectivity index (χ0v) is 12.2. The molecule has 0 fully saturated rings. The van der Waals surface area contributed by atoms with E-state index in [0.29, 0.717) is 0 Å². The minimum Gasteiger partial charge on any atom is -0.467 e. The summed E-state index contributed by atoms with van der Waals surface area (Å²) in [4.78, 5) is 2.11. The van der Waals surface area contributed by atoms with Gasteiger partial charge in [-0.15, -0.1) is 0 Å². The van der Waals surface area contributed by atoms with Crippen LogP contribution in [0.4, 0.5) is 5.69 Å². The molecule has 0 saturated carbocycles. The quantitative estimate of drug-likeness (QED) is 0.900. The van der Waals surface area contributed by atoms with Crippen molar-refractivity contribution in [3.8, 4) is 0 Å². The van der Waals surface area contributed by atoms with Crippen LogP contribution in [0.25, 0.3) is 0 Å². The van der Waals surface area contributed by atoms with Crippen LogP contribution >= 0.6 is 11.6 Å². The van der Waals surface area contributed by atoms with E-state index in [1.165, 1.54) is 0 Å². The van der Waals surface area contributed by atoms with Gasteiger partial charge in [0.2, 0.25) is 0 Å². The van der Waals surface area contributed by atoms with Crippen LogP contribution in [0.3, 0.4) is 0 Å². The highest BCUT2D eigenvalue weighted by Gasteiger charge is 2.10. The standard InChI is InChI=1S/C15H19ClN2O/c1-11(17-2)14-7-6-12(9-15(14)16)18(3)10-13-5-4-8-19-13/h4-9,11,17H,10H2,1-3H3. The van der Waals surface area contributed by atoms with Gasteiger partial charge < -0.3 is 14.6 Å². The lowest BCUT2D eigenvalue weighted by Crippen LogP contribution is -2.17. The van der Waals surface area contributed by atoms with Gasteiger partial charge in [-0.25, -0.2) is 0 Å². The molecular weight excluding hydrogens is 260 g/mol. The van der Waals surface area contributed by atoms with Crippen molar-refractivity contribution in [2.45, 2.75) is 19.5 Å². The molecule has 2 rings (SSSR count). The lowest BCUT2D eigenvalue weighted by Gasteiger charge is -2.20. The van der Waals surface area contributed by atoms with Gasteiger partial charge in [0.15, 0.2) is 0 Å². The Morgan fingerprint density at radius 1 is 1.37 bits per heavy atom. The third kappa shape index (κ3) is 3.31. The lowest BCUT2D eigenvalue weighted by atomic mass is 10.1. The molecule has 1 unspecified atom stereocenters. The van der Waals surface area contributed by atoms with E-state index in [4.69, 9.17) is 16.0 Å². The second-order valence-corrected chi connectivity index (χ2v) is 5.06. The molecule has 0 aliphatic rings. The number of furan rings is 1. The number of halogens is 1. The van der Waals surface area contributed by atoms with E-state index >= 15 is 0 Å². The Labute approximate surface area is 119 Å². The number of benzene rings is 1. The van der Waals surface area contributed by atoms with Crippen LogP contribution in [0.5, 0.6) is 0 Å². The topological polar surface area (TPSA) is 28.4 Å². The summed E-state index contributed by atoms with van der Waals surface area (Å²) in [6.07, 6.45) is 1.69. The Balaban J connectivity index is 2.15. The minimum atomic E-state index is 0.247. The van der Waals surface area contributed by atoms with E-state index in [1.807, 2.05) is 32.3 Å². The molecule has 0 aliphatic heterocycles. The van der Waals surface area contributed by atoms with Gasteiger partial charge in [-0.3, -0.25) is 0 Å². The van der Waals surface area contributed by atoms with Gasteiger partial charge in [-0.05, 0) is 43.8 Å². The average Bonchev–Trinajstić information content (AvgIpc) is 2.90. The highest BCUT2D eigenvalue weighted by Crippen LogP contribution is 2.28. The largest absolute Gasteiger partial charge is 0.467 e. The van der Waals surface area contributed by atoms with Crippen LogP contribution in [0, 0.1) is 0 Å². The minimum absolute atomic E-state index is 0.247. The van der Waals surface area contributed by atoms with Gasteiger partial charge in [-0.1, -0.05) is 17.7 Å². The molecule has 0 bridgehead atoms. The molecule has 0 radical (unpaired) electrons. The monoisotopic (exact) mass is 278 g/mol. The van der Waals surface area contributed by atoms with Gasteiger partial charge in [0.25, 0.3) is 0 Å². The van der Waals surface area contributed by atoms with Gasteiger partial charge in [0.05, 0.1) is 12.8 Å². The number of rotatable bonds is 5. The molecule has 0 saturated heterocycles.